The second-order valence-electron chi connectivity index (χ2n) is 8.57. The van der Waals surface area contributed by atoms with Crippen molar-refractivity contribution >= 4 is 40.8 Å². The summed E-state index contributed by atoms with van der Waals surface area (Å²) in [6.45, 7) is 6.42. The topological polar surface area (TPSA) is 78.6 Å². The fourth-order valence-corrected chi connectivity index (χ4v) is 6.28. The summed E-state index contributed by atoms with van der Waals surface area (Å²) in [5.41, 5.74) is 8.78. The highest BCUT2D eigenvalue weighted by Gasteiger charge is 2.46. The molecule has 0 spiro atoms. The zero-order valence-electron chi connectivity index (χ0n) is 18.3. The van der Waals surface area contributed by atoms with Crippen LogP contribution in [-0.4, -0.2) is 60.5 Å². The third-order valence-corrected chi connectivity index (χ3v) is 8.47. The van der Waals surface area contributed by atoms with Crippen LogP contribution in [-0.2, 0) is 17.1 Å². The molecule has 162 valence electrons. The van der Waals surface area contributed by atoms with Crippen LogP contribution in [0.1, 0.15) is 40.3 Å². The number of fused-ring (bicyclic) bond motifs is 1. The fourth-order valence-electron chi connectivity index (χ4n) is 4.31. The first-order valence-corrected chi connectivity index (χ1v) is 12.1. The Balaban J connectivity index is 1.68. The van der Waals surface area contributed by atoms with E-state index >= 15 is 0 Å². The zero-order chi connectivity index (χ0) is 21.6. The number of thioether (sulfide) groups is 1. The Morgan fingerprint density at radius 2 is 2.13 bits per heavy atom. The molecule has 2 aliphatic rings. The van der Waals surface area contributed by atoms with E-state index in [2.05, 4.69) is 35.1 Å². The molecular weight excluding hydrogens is 416 g/mol. The van der Waals surface area contributed by atoms with Crippen LogP contribution in [0.15, 0.2) is 11.4 Å². The van der Waals surface area contributed by atoms with E-state index in [0.717, 1.165) is 36.3 Å². The van der Waals surface area contributed by atoms with Crippen molar-refractivity contribution < 1.29 is 4.79 Å². The highest BCUT2D eigenvalue weighted by Crippen LogP contribution is 2.45. The van der Waals surface area contributed by atoms with Gasteiger partial charge in [0.2, 0.25) is 11.9 Å². The molecule has 1 fully saturated rings. The number of amides is 1. The molecule has 0 aliphatic carbocycles. The van der Waals surface area contributed by atoms with Crippen LogP contribution in [0.3, 0.4) is 0 Å². The van der Waals surface area contributed by atoms with E-state index in [1.54, 1.807) is 11.3 Å². The van der Waals surface area contributed by atoms with Crippen molar-refractivity contribution in [1.82, 2.24) is 14.9 Å². The Bertz CT molecular complexity index is 961. The lowest BCUT2D eigenvalue weighted by Gasteiger charge is -2.33. The number of aromatic nitrogens is 2. The predicted molar refractivity (Wildman–Crippen MR) is 125 cm³/mol. The number of rotatable bonds is 6. The largest absolute Gasteiger partial charge is 0.368 e. The minimum atomic E-state index is -0.657. The third kappa shape index (κ3) is 3.67. The van der Waals surface area contributed by atoms with Crippen molar-refractivity contribution in [3.8, 4) is 0 Å². The summed E-state index contributed by atoms with van der Waals surface area (Å²) in [6.07, 6.45) is 0.705. The average Bonchev–Trinajstić information content (AvgIpc) is 3.41. The van der Waals surface area contributed by atoms with E-state index in [1.807, 2.05) is 37.8 Å². The van der Waals surface area contributed by atoms with Crippen LogP contribution in [0.4, 0.5) is 11.8 Å². The van der Waals surface area contributed by atoms with Gasteiger partial charge in [-0.25, -0.2) is 4.98 Å². The van der Waals surface area contributed by atoms with Crippen LogP contribution in [0.5, 0.6) is 0 Å². The molecule has 7 nitrogen and oxygen atoms in total. The molecule has 1 amide bonds. The summed E-state index contributed by atoms with van der Waals surface area (Å²) < 4.78 is 0. The molecule has 9 heteroatoms. The average molecular weight is 447 g/mol. The van der Waals surface area contributed by atoms with Gasteiger partial charge in [-0.3, -0.25) is 9.69 Å². The molecule has 0 aromatic carbocycles. The van der Waals surface area contributed by atoms with E-state index in [4.69, 9.17) is 15.7 Å². The summed E-state index contributed by atoms with van der Waals surface area (Å²) in [4.78, 5) is 29.9. The van der Waals surface area contributed by atoms with Gasteiger partial charge in [-0.05, 0) is 51.4 Å². The molecular formula is C21H30N6OS2. The molecule has 2 atom stereocenters. The Labute approximate surface area is 186 Å². The van der Waals surface area contributed by atoms with Crippen LogP contribution >= 0.6 is 23.1 Å². The van der Waals surface area contributed by atoms with E-state index < -0.39 is 5.54 Å². The summed E-state index contributed by atoms with van der Waals surface area (Å²) in [7, 11) is 5.91. The number of primary amides is 1. The number of nitrogens with two attached hydrogens (primary N) is 1. The minimum absolute atomic E-state index is 0.270. The first-order valence-electron chi connectivity index (χ1n) is 10.2. The van der Waals surface area contributed by atoms with Crippen LogP contribution in [0.25, 0.3) is 0 Å². The highest BCUT2D eigenvalue weighted by molar-refractivity contribution is 7.99. The van der Waals surface area contributed by atoms with Gasteiger partial charge in [-0.2, -0.15) is 4.98 Å². The van der Waals surface area contributed by atoms with Gasteiger partial charge in [0.25, 0.3) is 0 Å². The second-order valence-corrected chi connectivity index (χ2v) is 10.9. The van der Waals surface area contributed by atoms with Crippen molar-refractivity contribution in [2.75, 3.05) is 44.0 Å². The Kier molecular flexibility index (Phi) is 5.71. The summed E-state index contributed by atoms with van der Waals surface area (Å²) in [5.74, 6) is 2.34. The first-order chi connectivity index (χ1) is 14.2. The van der Waals surface area contributed by atoms with Crippen LogP contribution in [0, 0.1) is 6.92 Å². The lowest BCUT2D eigenvalue weighted by molar-refractivity contribution is -0.127. The van der Waals surface area contributed by atoms with Crippen molar-refractivity contribution in [2.24, 2.45) is 5.73 Å². The van der Waals surface area contributed by atoms with Crippen molar-refractivity contribution in [2.45, 2.75) is 43.4 Å². The van der Waals surface area contributed by atoms with Gasteiger partial charge in [0.15, 0.2) is 0 Å². The number of carbonyl (C=O) groups excluding carboxylic acids is 1. The molecule has 0 saturated carbocycles. The van der Waals surface area contributed by atoms with E-state index in [0.29, 0.717) is 18.2 Å². The maximum Gasteiger partial charge on any atom is 0.239 e. The summed E-state index contributed by atoms with van der Waals surface area (Å²) in [5, 5.41) is 2.52. The van der Waals surface area contributed by atoms with Crippen LogP contribution < -0.4 is 15.5 Å². The molecule has 0 bridgehead atoms. The van der Waals surface area contributed by atoms with Crippen molar-refractivity contribution in [3.05, 3.63) is 33.1 Å². The number of hydrogen-bond acceptors (Lipinski definition) is 8. The highest BCUT2D eigenvalue weighted by atomic mass is 32.2. The van der Waals surface area contributed by atoms with Gasteiger partial charge in [-0.1, -0.05) is 0 Å². The van der Waals surface area contributed by atoms with Gasteiger partial charge < -0.3 is 15.5 Å². The molecule has 1 saturated heterocycles. The molecule has 30 heavy (non-hydrogen) atoms. The molecule has 2 aromatic heterocycles. The maximum atomic E-state index is 12.3. The van der Waals surface area contributed by atoms with Crippen LogP contribution in [0.2, 0.25) is 0 Å². The van der Waals surface area contributed by atoms with E-state index in [1.165, 1.54) is 16.0 Å². The number of hydrogen-bond donors (Lipinski definition) is 1. The van der Waals surface area contributed by atoms with Crippen molar-refractivity contribution in [3.63, 3.8) is 0 Å². The lowest BCUT2D eigenvalue weighted by atomic mass is 9.96. The van der Waals surface area contributed by atoms with Gasteiger partial charge in [0.1, 0.15) is 11.4 Å². The standard InChI is InChI=1S/C21H30N6OS2/c1-13-8-15(30-10-13)9-26(5)20-23-17-14(2)29-11-16(17)18(24-20)27-7-6-21(12-27,19(22)28)25(3)4/h8,10,14H,6-7,9,11-12H2,1-5H3,(H2,22,28). The monoisotopic (exact) mass is 446 g/mol. The SMILES string of the molecule is Cc1csc(CN(C)c2nc3c(c(N4CCC(C(N)=O)(N(C)C)C4)n2)CSC3C)c1. The maximum absolute atomic E-state index is 12.3. The van der Waals surface area contributed by atoms with E-state index in [-0.39, 0.29) is 5.91 Å². The first kappa shape index (κ1) is 21.4. The Hall–Kier alpha value is -1.84. The number of aryl methyl sites for hydroxylation is 1. The number of anilines is 2. The molecule has 2 aromatic rings. The Morgan fingerprint density at radius 3 is 2.73 bits per heavy atom. The second kappa shape index (κ2) is 8.01. The fraction of sp³-hybridized carbons (Fsp3) is 0.571. The smallest absolute Gasteiger partial charge is 0.239 e. The van der Waals surface area contributed by atoms with Gasteiger partial charge in [0.05, 0.1) is 12.2 Å². The predicted octanol–water partition coefficient (Wildman–Crippen LogP) is 2.79. The van der Waals surface area contributed by atoms with Gasteiger partial charge >= 0.3 is 0 Å². The molecule has 2 unspecified atom stereocenters. The molecule has 2 N–H and O–H groups in total. The number of thiophene rings is 1. The Morgan fingerprint density at radius 1 is 1.37 bits per heavy atom. The third-order valence-electron chi connectivity index (χ3n) is 6.25. The van der Waals surface area contributed by atoms with E-state index in [9.17, 15) is 4.79 Å². The quantitative estimate of drug-likeness (QED) is 0.731. The minimum Gasteiger partial charge on any atom is -0.368 e. The van der Waals surface area contributed by atoms with Gasteiger partial charge in [0, 0.05) is 41.6 Å². The normalized spacial score (nSPS) is 23.3. The number of carbonyl (C=O) groups is 1. The number of likely N-dealkylation sites (N-methyl/N-ethyl adjacent to an activating group) is 1. The molecule has 0 radical (unpaired) electrons. The van der Waals surface area contributed by atoms with Crippen molar-refractivity contribution in [1.29, 1.82) is 0 Å². The number of nitrogens with zero attached hydrogens (tertiary/aromatic N) is 5. The summed E-state index contributed by atoms with van der Waals surface area (Å²) in [6, 6.07) is 2.21. The summed E-state index contributed by atoms with van der Waals surface area (Å²) >= 11 is 3.66. The molecule has 4 rings (SSSR count). The molecule has 4 heterocycles. The zero-order valence-corrected chi connectivity index (χ0v) is 19.9. The molecule has 2 aliphatic heterocycles. The lowest BCUT2D eigenvalue weighted by Crippen LogP contribution is -2.56. The van der Waals surface area contributed by atoms with Gasteiger partial charge in [-0.15, -0.1) is 23.1 Å².